The summed E-state index contributed by atoms with van der Waals surface area (Å²) in [6.45, 7) is 0. The van der Waals surface area contributed by atoms with Gasteiger partial charge in [-0.15, -0.1) is 0 Å². The van der Waals surface area contributed by atoms with Gasteiger partial charge in [-0.25, -0.2) is 4.79 Å². The van der Waals surface area contributed by atoms with Gasteiger partial charge in [-0.05, 0) is 38.5 Å². The summed E-state index contributed by atoms with van der Waals surface area (Å²) in [5.74, 6) is -0.711. The van der Waals surface area contributed by atoms with Crippen LogP contribution in [-0.4, -0.2) is 17.1 Å². The van der Waals surface area contributed by atoms with Crippen LogP contribution in [0.2, 0.25) is 0 Å². The van der Waals surface area contributed by atoms with E-state index in [-0.39, 0.29) is 6.04 Å². The Labute approximate surface area is 77.8 Å². The fraction of sp³-hybridized carbons (Fsp3) is 0.700. The number of nitrogens with one attached hydrogen (secondary N) is 1. The molecule has 0 unspecified atom stereocenters. The van der Waals surface area contributed by atoms with E-state index in [9.17, 15) is 4.79 Å². The molecule has 1 atom stereocenters. The van der Waals surface area contributed by atoms with E-state index in [1.54, 1.807) is 0 Å². The van der Waals surface area contributed by atoms with Crippen molar-refractivity contribution in [2.24, 2.45) is 0 Å². The molecule has 0 bridgehead atoms. The Balaban J connectivity index is 2.03. The summed E-state index contributed by atoms with van der Waals surface area (Å²) in [5.41, 5.74) is 2.69. The lowest BCUT2D eigenvalue weighted by Gasteiger charge is -2.29. The van der Waals surface area contributed by atoms with Crippen LogP contribution in [0.4, 0.5) is 0 Å². The third kappa shape index (κ3) is 1.69. The van der Waals surface area contributed by atoms with Gasteiger partial charge in [0.2, 0.25) is 0 Å². The van der Waals surface area contributed by atoms with E-state index in [0.717, 1.165) is 19.3 Å². The van der Waals surface area contributed by atoms with Crippen molar-refractivity contribution in [2.45, 2.75) is 44.6 Å². The van der Waals surface area contributed by atoms with Crippen molar-refractivity contribution < 1.29 is 9.90 Å². The van der Waals surface area contributed by atoms with Crippen LogP contribution in [0.15, 0.2) is 11.3 Å². The molecule has 72 valence electrons. The summed E-state index contributed by atoms with van der Waals surface area (Å²) in [5, 5.41) is 12.0. The Hall–Kier alpha value is -0.990. The zero-order valence-electron chi connectivity index (χ0n) is 7.68. The molecule has 1 heterocycles. The highest BCUT2D eigenvalue weighted by Gasteiger charge is 2.25. The molecule has 2 aliphatic rings. The van der Waals surface area contributed by atoms with Crippen LogP contribution < -0.4 is 5.32 Å². The van der Waals surface area contributed by atoms with Gasteiger partial charge >= 0.3 is 5.97 Å². The van der Waals surface area contributed by atoms with Crippen LogP contribution in [0.3, 0.4) is 0 Å². The first-order valence-corrected chi connectivity index (χ1v) is 4.97. The number of piperidine rings is 1. The maximum atomic E-state index is 10.7. The lowest BCUT2D eigenvalue weighted by atomic mass is 9.87. The van der Waals surface area contributed by atoms with Crippen molar-refractivity contribution in [2.75, 3.05) is 0 Å². The van der Waals surface area contributed by atoms with E-state index in [2.05, 4.69) is 5.32 Å². The first-order chi connectivity index (χ1) is 6.27. The Kier molecular flexibility index (Phi) is 2.25. The van der Waals surface area contributed by atoms with Crippen LogP contribution in [0.25, 0.3) is 0 Å². The van der Waals surface area contributed by atoms with E-state index in [1.807, 2.05) is 0 Å². The van der Waals surface area contributed by atoms with Gasteiger partial charge in [0.05, 0.1) is 0 Å². The molecule has 0 aromatic rings. The number of allylic oxidation sites excluding steroid dienone is 2. The molecule has 0 aromatic carbocycles. The van der Waals surface area contributed by atoms with Crippen LogP contribution in [0.1, 0.15) is 38.5 Å². The van der Waals surface area contributed by atoms with Crippen molar-refractivity contribution in [1.82, 2.24) is 5.32 Å². The second-order valence-corrected chi connectivity index (χ2v) is 3.86. The maximum absolute atomic E-state index is 10.7. The highest BCUT2D eigenvalue weighted by Crippen LogP contribution is 2.31. The van der Waals surface area contributed by atoms with E-state index < -0.39 is 5.97 Å². The molecule has 0 spiro atoms. The molecule has 13 heavy (non-hydrogen) atoms. The summed E-state index contributed by atoms with van der Waals surface area (Å²) in [7, 11) is 0. The van der Waals surface area contributed by atoms with Crippen molar-refractivity contribution in [3.8, 4) is 0 Å². The smallest absolute Gasteiger partial charge is 0.326 e. The van der Waals surface area contributed by atoms with E-state index in [0.29, 0.717) is 0 Å². The van der Waals surface area contributed by atoms with Gasteiger partial charge in [0.15, 0.2) is 0 Å². The zero-order chi connectivity index (χ0) is 9.26. The molecular weight excluding hydrogens is 166 g/mol. The fourth-order valence-electron chi connectivity index (χ4n) is 1.96. The first kappa shape index (κ1) is 8.60. The number of carbonyl (C=O) groups is 1. The SMILES string of the molecule is O=C(O)[C@@H]1CCCC(=C2CCC2)N1. The molecule has 3 nitrogen and oxygen atoms in total. The van der Waals surface area contributed by atoms with E-state index in [4.69, 9.17) is 5.11 Å². The maximum Gasteiger partial charge on any atom is 0.326 e. The average Bonchev–Trinajstić information content (AvgIpc) is 2.01. The number of rotatable bonds is 1. The summed E-state index contributed by atoms with van der Waals surface area (Å²) >= 11 is 0. The van der Waals surface area contributed by atoms with Gasteiger partial charge in [-0.3, -0.25) is 0 Å². The summed E-state index contributed by atoms with van der Waals surface area (Å²) < 4.78 is 0. The normalized spacial score (nSPS) is 27.8. The minimum Gasteiger partial charge on any atom is -0.480 e. The quantitative estimate of drug-likeness (QED) is 0.646. The molecule has 0 radical (unpaired) electrons. The zero-order valence-corrected chi connectivity index (χ0v) is 7.68. The van der Waals surface area contributed by atoms with Gasteiger partial charge in [-0.1, -0.05) is 5.57 Å². The molecular formula is C10H15NO2. The Morgan fingerprint density at radius 3 is 2.62 bits per heavy atom. The minimum atomic E-state index is -0.711. The molecule has 1 saturated carbocycles. The number of carboxylic acids is 1. The molecule has 0 aromatic heterocycles. The fourth-order valence-corrected chi connectivity index (χ4v) is 1.96. The Morgan fingerprint density at radius 2 is 2.08 bits per heavy atom. The Bertz CT molecular complexity index is 252. The van der Waals surface area contributed by atoms with Crippen LogP contribution >= 0.6 is 0 Å². The third-order valence-corrected chi connectivity index (χ3v) is 2.95. The molecule has 1 aliphatic carbocycles. The molecule has 1 saturated heterocycles. The number of carboxylic acid groups (broad SMARTS) is 1. The molecule has 0 amide bonds. The van der Waals surface area contributed by atoms with Gasteiger partial charge in [-0.2, -0.15) is 0 Å². The Morgan fingerprint density at radius 1 is 1.31 bits per heavy atom. The number of aliphatic carboxylic acids is 1. The topological polar surface area (TPSA) is 49.3 Å². The summed E-state index contributed by atoms with van der Waals surface area (Å²) in [6, 6.07) is -0.336. The molecule has 2 rings (SSSR count). The number of hydrogen-bond acceptors (Lipinski definition) is 2. The molecule has 3 heteroatoms. The monoisotopic (exact) mass is 181 g/mol. The average molecular weight is 181 g/mol. The highest BCUT2D eigenvalue weighted by atomic mass is 16.4. The molecule has 2 N–H and O–H groups in total. The highest BCUT2D eigenvalue weighted by molar-refractivity contribution is 5.74. The largest absolute Gasteiger partial charge is 0.480 e. The van der Waals surface area contributed by atoms with Gasteiger partial charge in [0, 0.05) is 5.70 Å². The summed E-state index contributed by atoms with van der Waals surface area (Å²) in [6.07, 6.45) is 6.47. The third-order valence-electron chi connectivity index (χ3n) is 2.95. The van der Waals surface area contributed by atoms with Crippen molar-refractivity contribution in [3.05, 3.63) is 11.3 Å². The minimum absolute atomic E-state index is 0.336. The summed E-state index contributed by atoms with van der Waals surface area (Å²) in [4.78, 5) is 10.7. The molecule has 2 fully saturated rings. The predicted molar refractivity (Wildman–Crippen MR) is 49.3 cm³/mol. The molecule has 1 aliphatic heterocycles. The predicted octanol–water partition coefficient (Wildman–Crippen LogP) is 1.65. The van der Waals surface area contributed by atoms with Crippen molar-refractivity contribution in [1.29, 1.82) is 0 Å². The van der Waals surface area contributed by atoms with Crippen LogP contribution in [0, 0.1) is 0 Å². The van der Waals surface area contributed by atoms with Crippen molar-refractivity contribution >= 4 is 5.97 Å². The lowest BCUT2D eigenvalue weighted by Crippen LogP contribution is -2.40. The second kappa shape index (κ2) is 3.40. The van der Waals surface area contributed by atoms with Gasteiger partial charge < -0.3 is 10.4 Å². The second-order valence-electron chi connectivity index (χ2n) is 3.86. The van der Waals surface area contributed by atoms with Crippen LogP contribution in [0.5, 0.6) is 0 Å². The first-order valence-electron chi connectivity index (χ1n) is 4.97. The van der Waals surface area contributed by atoms with E-state index >= 15 is 0 Å². The number of hydrogen-bond donors (Lipinski definition) is 2. The van der Waals surface area contributed by atoms with E-state index in [1.165, 1.54) is 30.5 Å². The van der Waals surface area contributed by atoms with Gasteiger partial charge in [0.25, 0.3) is 0 Å². The standard InChI is InChI=1S/C10H15NO2/c12-10(13)9-6-2-5-8(11-9)7-3-1-4-7/h9,11H,1-6H2,(H,12,13)/t9-/m0/s1. The van der Waals surface area contributed by atoms with Gasteiger partial charge in [0.1, 0.15) is 6.04 Å². The van der Waals surface area contributed by atoms with Crippen molar-refractivity contribution in [3.63, 3.8) is 0 Å². The lowest BCUT2D eigenvalue weighted by molar-refractivity contribution is -0.139. The van der Waals surface area contributed by atoms with Crippen LogP contribution in [-0.2, 0) is 4.79 Å².